The van der Waals surface area contributed by atoms with Crippen molar-refractivity contribution in [3.8, 4) is 0 Å². The van der Waals surface area contributed by atoms with Gasteiger partial charge in [0.2, 0.25) is 10.0 Å². The first-order valence-electron chi connectivity index (χ1n) is 7.05. The van der Waals surface area contributed by atoms with Crippen molar-refractivity contribution in [1.29, 1.82) is 0 Å². The summed E-state index contributed by atoms with van der Waals surface area (Å²) in [5, 5.41) is 0. The maximum atomic E-state index is 12.3. The summed E-state index contributed by atoms with van der Waals surface area (Å²) in [6.45, 7) is 1.00. The van der Waals surface area contributed by atoms with Gasteiger partial charge in [-0.3, -0.25) is 4.79 Å². The molecule has 9 heteroatoms. The summed E-state index contributed by atoms with van der Waals surface area (Å²) in [6, 6.07) is 4.49. The lowest BCUT2D eigenvalue weighted by atomic mass is 10.1. The molecule has 1 N–H and O–H groups in total. The van der Waals surface area contributed by atoms with E-state index in [0.717, 1.165) is 11.3 Å². The lowest BCUT2D eigenvalue weighted by molar-refractivity contribution is 0.0710. The summed E-state index contributed by atoms with van der Waals surface area (Å²) in [5.41, 5.74) is 0.511. The number of nitrogens with one attached hydrogen (secondary N) is 1. The second kappa shape index (κ2) is 6.64. The average Bonchev–Trinajstić information content (AvgIpc) is 3.18. The Bertz CT molecular complexity index is 778. The molecule has 1 aliphatic rings. The molecule has 3 heterocycles. The maximum Gasteiger partial charge on any atom is 0.257 e. The van der Waals surface area contributed by atoms with Gasteiger partial charge in [-0.2, -0.15) is 0 Å². The second-order valence-corrected chi connectivity index (χ2v) is 8.91. The highest BCUT2D eigenvalue weighted by Gasteiger charge is 2.28. The molecule has 0 bridgehead atoms. The molecule has 0 radical (unpaired) electrons. The molecule has 0 aromatic carbocycles. The summed E-state index contributed by atoms with van der Waals surface area (Å²) in [6.07, 6.45) is 4.02. The Morgan fingerprint density at radius 2 is 2.04 bits per heavy atom. The fourth-order valence-electron chi connectivity index (χ4n) is 2.49. The molecule has 0 aliphatic carbocycles. The maximum absolute atomic E-state index is 12.3. The quantitative estimate of drug-likeness (QED) is 0.891. The second-order valence-electron chi connectivity index (χ2n) is 5.26. The molecule has 0 spiro atoms. The van der Waals surface area contributed by atoms with Crippen LogP contribution in [0.3, 0.4) is 0 Å². The van der Waals surface area contributed by atoms with Crippen LogP contribution in [0, 0.1) is 0 Å². The van der Waals surface area contributed by atoms with E-state index < -0.39 is 10.0 Å². The number of nitrogens with zero attached hydrogens (tertiary/aromatic N) is 1. The molecule has 3 rings (SSSR count). The van der Waals surface area contributed by atoms with E-state index in [1.807, 2.05) is 0 Å². The highest BCUT2D eigenvalue weighted by atomic mass is 35.5. The van der Waals surface area contributed by atoms with Crippen molar-refractivity contribution in [1.82, 2.24) is 9.62 Å². The Labute approximate surface area is 143 Å². The molecule has 0 atom stereocenters. The minimum atomic E-state index is -3.55. The van der Waals surface area contributed by atoms with Crippen LogP contribution >= 0.6 is 22.9 Å². The van der Waals surface area contributed by atoms with Crippen molar-refractivity contribution < 1.29 is 17.6 Å². The van der Waals surface area contributed by atoms with Crippen LogP contribution < -0.4 is 4.72 Å². The number of rotatable bonds is 4. The van der Waals surface area contributed by atoms with Crippen molar-refractivity contribution >= 4 is 38.9 Å². The number of hydrogen-bond donors (Lipinski definition) is 1. The zero-order valence-electron chi connectivity index (χ0n) is 12.1. The minimum Gasteiger partial charge on any atom is -0.472 e. The number of hydrogen-bond acceptors (Lipinski definition) is 5. The van der Waals surface area contributed by atoms with Gasteiger partial charge in [0.15, 0.2) is 0 Å². The van der Waals surface area contributed by atoms with Crippen molar-refractivity contribution in [3.63, 3.8) is 0 Å². The third kappa shape index (κ3) is 3.77. The Morgan fingerprint density at radius 1 is 1.30 bits per heavy atom. The summed E-state index contributed by atoms with van der Waals surface area (Å²) in [7, 11) is -3.55. The summed E-state index contributed by atoms with van der Waals surface area (Å²) >= 11 is 6.81. The van der Waals surface area contributed by atoms with Gasteiger partial charge in [0.25, 0.3) is 5.91 Å². The van der Waals surface area contributed by atoms with Gasteiger partial charge < -0.3 is 9.32 Å². The first-order valence-corrected chi connectivity index (χ1v) is 9.72. The van der Waals surface area contributed by atoms with E-state index in [1.54, 1.807) is 17.0 Å². The summed E-state index contributed by atoms with van der Waals surface area (Å²) < 4.78 is 32.8. The van der Waals surface area contributed by atoms with E-state index in [-0.39, 0.29) is 16.2 Å². The van der Waals surface area contributed by atoms with Crippen molar-refractivity contribution in [2.75, 3.05) is 13.1 Å². The SMILES string of the molecule is O=C(c1ccoc1)N1CCC(NS(=O)(=O)c2ccc(Cl)s2)CC1. The molecule has 0 unspecified atom stereocenters. The predicted molar refractivity (Wildman–Crippen MR) is 87.3 cm³/mol. The van der Waals surface area contributed by atoms with Crippen LogP contribution in [0.5, 0.6) is 0 Å². The van der Waals surface area contributed by atoms with Gasteiger partial charge in [-0.25, -0.2) is 13.1 Å². The smallest absolute Gasteiger partial charge is 0.257 e. The van der Waals surface area contributed by atoms with Crippen molar-refractivity contribution in [3.05, 3.63) is 40.6 Å². The van der Waals surface area contributed by atoms with Gasteiger partial charge in [0.1, 0.15) is 10.5 Å². The average molecular weight is 375 g/mol. The monoisotopic (exact) mass is 374 g/mol. The number of sulfonamides is 1. The number of furan rings is 1. The highest BCUT2D eigenvalue weighted by Crippen LogP contribution is 2.26. The molecular weight excluding hydrogens is 360 g/mol. The molecule has 124 valence electrons. The van der Waals surface area contributed by atoms with Gasteiger partial charge in [0.05, 0.1) is 16.2 Å². The van der Waals surface area contributed by atoms with Crippen LogP contribution in [0.25, 0.3) is 0 Å². The first kappa shape index (κ1) is 16.5. The van der Waals surface area contributed by atoms with Crippen LogP contribution in [0.15, 0.2) is 39.4 Å². The number of piperidine rings is 1. The Kier molecular flexibility index (Phi) is 4.77. The van der Waals surface area contributed by atoms with Crippen LogP contribution in [0.4, 0.5) is 0 Å². The molecule has 2 aromatic heterocycles. The predicted octanol–water partition coefficient (Wildman–Crippen LogP) is 2.58. The Hall–Kier alpha value is -1.35. The number of thiophene rings is 1. The Balaban J connectivity index is 1.58. The minimum absolute atomic E-state index is 0.0925. The molecular formula is C14H15ClN2O4S2. The highest BCUT2D eigenvalue weighted by molar-refractivity contribution is 7.91. The topological polar surface area (TPSA) is 79.6 Å². The normalized spacial score (nSPS) is 16.7. The molecule has 0 saturated carbocycles. The number of likely N-dealkylation sites (tertiary alicyclic amines) is 1. The largest absolute Gasteiger partial charge is 0.472 e. The van der Waals surface area contributed by atoms with Gasteiger partial charge in [0, 0.05) is 19.1 Å². The number of halogens is 1. The van der Waals surface area contributed by atoms with E-state index in [4.69, 9.17) is 16.0 Å². The molecule has 23 heavy (non-hydrogen) atoms. The van der Waals surface area contributed by atoms with Crippen molar-refractivity contribution in [2.45, 2.75) is 23.1 Å². The fourth-order valence-corrected chi connectivity index (χ4v) is 5.29. The Morgan fingerprint density at radius 3 is 2.61 bits per heavy atom. The third-order valence-corrected chi connectivity index (χ3v) is 6.93. The standard InChI is InChI=1S/C14H15ClN2O4S2/c15-12-1-2-13(22-12)23(19,20)16-11-3-6-17(7-4-11)14(18)10-5-8-21-9-10/h1-2,5,8-9,11,16H,3-4,6-7H2. The zero-order valence-corrected chi connectivity index (χ0v) is 14.5. The molecule has 6 nitrogen and oxygen atoms in total. The summed E-state index contributed by atoms with van der Waals surface area (Å²) in [4.78, 5) is 13.9. The van der Waals surface area contributed by atoms with E-state index in [2.05, 4.69) is 4.72 Å². The zero-order chi connectivity index (χ0) is 16.4. The number of carbonyl (C=O) groups is 1. The van der Waals surface area contributed by atoms with Crippen LogP contribution in [0.1, 0.15) is 23.2 Å². The van der Waals surface area contributed by atoms with E-state index >= 15 is 0 Å². The van der Waals surface area contributed by atoms with E-state index in [9.17, 15) is 13.2 Å². The van der Waals surface area contributed by atoms with Gasteiger partial charge >= 0.3 is 0 Å². The van der Waals surface area contributed by atoms with Gasteiger partial charge in [-0.15, -0.1) is 11.3 Å². The van der Waals surface area contributed by atoms with Gasteiger partial charge in [-0.05, 0) is 31.0 Å². The molecule has 1 fully saturated rings. The van der Waals surface area contributed by atoms with Gasteiger partial charge in [-0.1, -0.05) is 11.6 Å². The third-order valence-electron chi connectivity index (χ3n) is 3.69. The number of carbonyl (C=O) groups excluding carboxylic acids is 1. The summed E-state index contributed by atoms with van der Waals surface area (Å²) in [5.74, 6) is -0.0925. The lowest BCUT2D eigenvalue weighted by Gasteiger charge is -2.31. The van der Waals surface area contributed by atoms with Crippen molar-refractivity contribution in [2.24, 2.45) is 0 Å². The number of amides is 1. The molecule has 1 aliphatic heterocycles. The van der Waals surface area contributed by atoms with Crippen LogP contribution in [-0.4, -0.2) is 38.4 Å². The van der Waals surface area contributed by atoms with E-state index in [1.165, 1.54) is 18.6 Å². The van der Waals surface area contributed by atoms with Crippen LogP contribution in [-0.2, 0) is 10.0 Å². The fraction of sp³-hybridized carbons (Fsp3) is 0.357. The van der Waals surface area contributed by atoms with Crippen LogP contribution in [0.2, 0.25) is 4.34 Å². The molecule has 1 amide bonds. The molecule has 1 saturated heterocycles. The molecule has 2 aromatic rings. The first-order chi connectivity index (χ1) is 11.0. The lowest BCUT2D eigenvalue weighted by Crippen LogP contribution is -2.46. The van der Waals surface area contributed by atoms with E-state index in [0.29, 0.717) is 35.8 Å².